The number of fused-ring (bicyclic) bond motifs is 4. The number of aliphatic carboxylic acids is 1. The van der Waals surface area contributed by atoms with E-state index >= 15 is 0 Å². The summed E-state index contributed by atoms with van der Waals surface area (Å²) in [5.74, 6) is -2.47. The number of pyridine rings is 1. The molecule has 2 aliphatic rings. The third kappa shape index (κ3) is 3.96. The third-order valence-corrected chi connectivity index (χ3v) is 5.67. The summed E-state index contributed by atoms with van der Waals surface area (Å²) in [7, 11) is 1.49. The molecular formula is C21H21N4O6-. The van der Waals surface area contributed by atoms with E-state index in [1.54, 1.807) is 34.9 Å². The summed E-state index contributed by atoms with van der Waals surface area (Å²) >= 11 is 0. The Morgan fingerprint density at radius 3 is 2.52 bits per heavy atom. The van der Waals surface area contributed by atoms with Crippen LogP contribution in [-0.4, -0.2) is 47.6 Å². The van der Waals surface area contributed by atoms with Crippen LogP contribution in [0.5, 0.6) is 5.75 Å². The van der Waals surface area contributed by atoms with E-state index in [9.17, 15) is 24.3 Å². The van der Waals surface area contributed by atoms with Gasteiger partial charge in [-0.2, -0.15) is 0 Å². The number of amides is 3. The minimum atomic E-state index is -1.72. The van der Waals surface area contributed by atoms with Crippen LogP contribution in [0.3, 0.4) is 0 Å². The number of piperidine rings is 1. The first-order chi connectivity index (χ1) is 14.9. The first-order valence-corrected chi connectivity index (χ1v) is 9.82. The number of nitrogens with one attached hydrogen (secondary N) is 2. The number of hydrogen-bond donors (Lipinski definition) is 2. The summed E-state index contributed by atoms with van der Waals surface area (Å²) in [4.78, 5) is 49.4. The Morgan fingerprint density at radius 2 is 1.77 bits per heavy atom. The zero-order valence-electron chi connectivity index (χ0n) is 16.8. The Bertz CT molecular complexity index is 1110. The van der Waals surface area contributed by atoms with Crippen LogP contribution in [-0.2, 0) is 16.1 Å². The number of carbonyl (C=O) groups excluding carboxylic acids is 3. The molecule has 1 saturated heterocycles. The second-order valence-electron chi connectivity index (χ2n) is 7.66. The van der Waals surface area contributed by atoms with Crippen LogP contribution in [0.2, 0.25) is 0 Å². The molecule has 0 radical (unpaired) electrons. The fourth-order valence-corrected chi connectivity index (χ4v) is 4.36. The predicted octanol–water partition coefficient (Wildman–Crippen LogP) is 0.197. The molecule has 1 aromatic heterocycles. The first kappa shape index (κ1) is 20.5. The number of anilines is 2. The van der Waals surface area contributed by atoms with Gasteiger partial charge in [-0.05, 0) is 36.6 Å². The number of methoxy groups -OCH3 is 1. The lowest BCUT2D eigenvalue weighted by Gasteiger charge is -2.42. The van der Waals surface area contributed by atoms with Crippen molar-refractivity contribution in [2.75, 3.05) is 30.8 Å². The normalized spacial score (nSPS) is 19.2. The Morgan fingerprint density at radius 1 is 1.03 bits per heavy atom. The van der Waals surface area contributed by atoms with Crippen LogP contribution < -0.4 is 26.0 Å². The molecule has 31 heavy (non-hydrogen) atoms. The second-order valence-corrected chi connectivity index (χ2v) is 7.66. The maximum atomic E-state index is 13.0. The largest absolute Gasteiger partial charge is 0.540 e. The number of likely N-dealkylation sites (tertiary alicyclic amines) is 1. The van der Waals surface area contributed by atoms with Crippen molar-refractivity contribution in [3.8, 4) is 5.75 Å². The van der Waals surface area contributed by atoms with Gasteiger partial charge in [0.25, 0.3) is 11.5 Å². The van der Waals surface area contributed by atoms with Gasteiger partial charge in [0.1, 0.15) is 17.4 Å². The Kier molecular flexibility index (Phi) is 5.37. The van der Waals surface area contributed by atoms with Crippen molar-refractivity contribution >= 4 is 29.3 Å². The van der Waals surface area contributed by atoms with E-state index in [4.69, 9.17) is 4.74 Å². The molecule has 10 heteroatoms. The maximum Gasteiger partial charge on any atom is 0.323 e. The molecule has 3 amide bonds. The van der Waals surface area contributed by atoms with Crippen molar-refractivity contribution in [2.24, 2.45) is 5.92 Å². The smallest absolute Gasteiger partial charge is 0.323 e. The number of nitrogens with zero attached hydrogens (tertiary/aromatic N) is 2. The number of benzene rings is 1. The minimum Gasteiger partial charge on any atom is -0.540 e. The SMILES string of the molecule is COc1ccccc1NC(=O)Nc1ccc2n(c1=O)C[C@H]1C[C@@H]2CN(C(=O)C(=O)[O-])C1. The van der Waals surface area contributed by atoms with Crippen molar-refractivity contribution in [3.05, 3.63) is 52.4 Å². The van der Waals surface area contributed by atoms with E-state index in [1.807, 2.05) is 0 Å². The molecule has 2 bridgehead atoms. The fourth-order valence-electron chi connectivity index (χ4n) is 4.36. The van der Waals surface area contributed by atoms with Gasteiger partial charge in [-0.1, -0.05) is 12.1 Å². The van der Waals surface area contributed by atoms with Crippen LogP contribution in [0.15, 0.2) is 41.2 Å². The molecule has 2 aliphatic heterocycles. The summed E-state index contributed by atoms with van der Waals surface area (Å²) in [6.45, 7) is 0.802. The number of ether oxygens (including phenoxy) is 1. The van der Waals surface area contributed by atoms with Gasteiger partial charge in [-0.25, -0.2) is 4.79 Å². The van der Waals surface area contributed by atoms with E-state index in [-0.39, 0.29) is 36.2 Å². The lowest BCUT2D eigenvalue weighted by atomic mass is 9.83. The highest BCUT2D eigenvalue weighted by molar-refractivity contribution is 6.30. The fraction of sp³-hybridized carbons (Fsp3) is 0.333. The summed E-state index contributed by atoms with van der Waals surface area (Å²) in [5, 5.41) is 16.2. The van der Waals surface area contributed by atoms with Crippen LogP contribution in [0.4, 0.5) is 16.2 Å². The number of rotatable bonds is 3. The molecule has 2 N–H and O–H groups in total. The van der Waals surface area contributed by atoms with Gasteiger partial charge in [-0.15, -0.1) is 0 Å². The highest BCUT2D eigenvalue weighted by Crippen LogP contribution is 2.35. The van der Waals surface area contributed by atoms with Crippen molar-refractivity contribution in [1.82, 2.24) is 9.47 Å². The third-order valence-electron chi connectivity index (χ3n) is 5.67. The Labute approximate surface area is 177 Å². The Hall–Kier alpha value is -3.82. The molecule has 0 unspecified atom stereocenters. The van der Waals surface area contributed by atoms with Gasteiger partial charge in [0.2, 0.25) is 0 Å². The number of hydrogen-bond acceptors (Lipinski definition) is 6. The maximum absolute atomic E-state index is 13.0. The van der Waals surface area contributed by atoms with Gasteiger partial charge in [0.15, 0.2) is 0 Å². The zero-order chi connectivity index (χ0) is 22.1. The molecule has 0 aliphatic carbocycles. The topological polar surface area (TPSA) is 133 Å². The van der Waals surface area contributed by atoms with Gasteiger partial charge in [0, 0.05) is 31.2 Å². The average Bonchev–Trinajstić information content (AvgIpc) is 2.75. The standard InChI is InChI=1S/C21H22N4O6/c1-31-17-5-3-2-4-14(17)22-21(30)23-15-6-7-16-13-8-12(10-25(16)18(15)26)9-24(11-13)19(27)20(28)29/h2-7,12-13H,8-11H2,1H3,(H,28,29)(H2,22,23,30)/p-1/t12-,13+/m0/s1. The number of carbonyl (C=O) groups is 3. The van der Waals surface area contributed by atoms with Crippen LogP contribution in [0.1, 0.15) is 18.0 Å². The minimum absolute atomic E-state index is 0.0510. The molecule has 0 spiro atoms. The van der Waals surface area contributed by atoms with E-state index in [0.29, 0.717) is 23.7 Å². The molecule has 1 fully saturated rings. The van der Waals surface area contributed by atoms with Gasteiger partial charge in [-0.3, -0.25) is 9.59 Å². The molecular weight excluding hydrogens is 404 g/mol. The predicted molar refractivity (Wildman–Crippen MR) is 109 cm³/mol. The van der Waals surface area contributed by atoms with E-state index in [1.165, 1.54) is 18.1 Å². The number of carboxylic acid groups (broad SMARTS) is 1. The lowest BCUT2D eigenvalue weighted by Crippen LogP contribution is -2.53. The zero-order valence-corrected chi connectivity index (χ0v) is 16.8. The van der Waals surface area contributed by atoms with Crippen molar-refractivity contribution in [3.63, 3.8) is 0 Å². The molecule has 4 rings (SSSR count). The molecule has 0 saturated carbocycles. The van der Waals surface area contributed by atoms with E-state index in [0.717, 1.165) is 6.42 Å². The van der Waals surface area contributed by atoms with Crippen LogP contribution in [0, 0.1) is 5.92 Å². The molecule has 162 valence electrons. The molecule has 2 atom stereocenters. The highest BCUT2D eigenvalue weighted by atomic mass is 16.5. The summed E-state index contributed by atoms with van der Waals surface area (Å²) < 4.78 is 6.80. The summed E-state index contributed by atoms with van der Waals surface area (Å²) in [6.07, 6.45) is 0.761. The van der Waals surface area contributed by atoms with Gasteiger partial charge < -0.3 is 34.7 Å². The second kappa shape index (κ2) is 8.13. The average molecular weight is 425 g/mol. The molecule has 2 aromatic rings. The Balaban J connectivity index is 1.53. The number of aromatic nitrogens is 1. The van der Waals surface area contributed by atoms with Crippen molar-refractivity contribution in [2.45, 2.75) is 18.9 Å². The van der Waals surface area contributed by atoms with Crippen molar-refractivity contribution < 1.29 is 24.2 Å². The van der Waals surface area contributed by atoms with E-state index in [2.05, 4.69) is 10.6 Å². The summed E-state index contributed by atoms with van der Waals surface area (Å²) in [6, 6.07) is 9.58. The first-order valence-electron chi connectivity index (χ1n) is 9.82. The number of urea groups is 1. The molecule has 3 heterocycles. The van der Waals surface area contributed by atoms with Gasteiger partial charge >= 0.3 is 6.03 Å². The molecule has 1 aromatic carbocycles. The lowest BCUT2D eigenvalue weighted by molar-refractivity contribution is -0.302. The van der Waals surface area contributed by atoms with Crippen molar-refractivity contribution in [1.29, 1.82) is 0 Å². The van der Waals surface area contributed by atoms with Crippen LogP contribution in [0.25, 0.3) is 0 Å². The van der Waals surface area contributed by atoms with Crippen LogP contribution >= 0.6 is 0 Å². The number of para-hydroxylation sites is 2. The van der Waals surface area contributed by atoms with E-state index < -0.39 is 17.9 Å². The monoisotopic (exact) mass is 425 g/mol. The quantitative estimate of drug-likeness (QED) is 0.675. The number of carboxylic acids is 1. The highest BCUT2D eigenvalue weighted by Gasteiger charge is 2.36. The molecule has 10 nitrogen and oxygen atoms in total. The van der Waals surface area contributed by atoms with Gasteiger partial charge in [0.05, 0.1) is 12.8 Å². The summed E-state index contributed by atoms with van der Waals surface area (Å²) in [5.41, 5.74) is 0.960.